The van der Waals surface area contributed by atoms with Gasteiger partial charge in [-0.1, -0.05) is 24.3 Å². The van der Waals surface area contributed by atoms with Crippen LogP contribution in [0.5, 0.6) is 0 Å². The topological polar surface area (TPSA) is 26.3 Å². The zero-order valence-electron chi connectivity index (χ0n) is 7.90. The van der Waals surface area contributed by atoms with Gasteiger partial charge < -0.3 is 4.74 Å². The van der Waals surface area contributed by atoms with Gasteiger partial charge in [0.15, 0.2) is 0 Å². The second kappa shape index (κ2) is 2.84. The number of fused-ring (bicyclic) bond motifs is 2. The second-order valence-electron chi connectivity index (χ2n) is 4.17. The molecule has 2 heteroatoms. The first kappa shape index (κ1) is 8.04. The Hall–Kier alpha value is -1.31. The minimum atomic E-state index is 0.00417. The van der Waals surface area contributed by atoms with Crippen molar-refractivity contribution in [1.82, 2.24) is 0 Å². The molecule has 0 saturated carbocycles. The van der Waals surface area contributed by atoms with Crippen LogP contribution in [0.25, 0.3) is 0 Å². The molecule has 0 unspecified atom stereocenters. The van der Waals surface area contributed by atoms with Crippen LogP contribution in [-0.4, -0.2) is 12.6 Å². The Bertz CT molecular complexity index is 384. The smallest absolute Gasteiger partial charge is 0.309 e. The minimum absolute atomic E-state index is 0.00417. The highest BCUT2D eigenvalue weighted by atomic mass is 16.5. The van der Waals surface area contributed by atoms with Crippen LogP contribution in [0.3, 0.4) is 0 Å². The normalized spacial score (nSPS) is 29.3. The number of hydrogen-bond acceptors (Lipinski definition) is 2. The Morgan fingerprint density at radius 3 is 2.64 bits per heavy atom. The average Bonchev–Trinajstić information content (AvgIpc) is 2.57. The predicted octanol–water partition coefficient (Wildman–Crippen LogP) is 1.57. The maximum atomic E-state index is 11.4. The lowest BCUT2D eigenvalue weighted by molar-refractivity contribution is -0.141. The summed E-state index contributed by atoms with van der Waals surface area (Å²) in [5, 5.41) is 0. The summed E-state index contributed by atoms with van der Waals surface area (Å²) in [6.45, 7) is 0.623. The van der Waals surface area contributed by atoms with E-state index in [2.05, 4.69) is 18.2 Å². The summed E-state index contributed by atoms with van der Waals surface area (Å²) in [7, 11) is 0. The van der Waals surface area contributed by atoms with E-state index in [0.717, 1.165) is 12.8 Å². The largest absolute Gasteiger partial charge is 0.465 e. The van der Waals surface area contributed by atoms with Crippen LogP contribution in [0.1, 0.15) is 11.1 Å². The molecule has 1 aliphatic carbocycles. The lowest BCUT2D eigenvalue weighted by Crippen LogP contribution is -2.25. The van der Waals surface area contributed by atoms with E-state index in [1.54, 1.807) is 0 Å². The van der Waals surface area contributed by atoms with E-state index in [9.17, 15) is 4.79 Å². The third-order valence-electron chi connectivity index (χ3n) is 3.35. The van der Waals surface area contributed by atoms with Gasteiger partial charge in [-0.2, -0.15) is 0 Å². The van der Waals surface area contributed by atoms with Gasteiger partial charge in [0, 0.05) is 5.92 Å². The summed E-state index contributed by atoms with van der Waals surface area (Å²) >= 11 is 0. The number of rotatable bonds is 0. The van der Waals surface area contributed by atoms with E-state index < -0.39 is 0 Å². The van der Waals surface area contributed by atoms with E-state index in [0.29, 0.717) is 12.5 Å². The minimum Gasteiger partial charge on any atom is -0.465 e. The maximum absolute atomic E-state index is 11.4. The zero-order chi connectivity index (χ0) is 9.54. The van der Waals surface area contributed by atoms with Crippen molar-refractivity contribution in [3.8, 4) is 0 Å². The summed E-state index contributed by atoms with van der Waals surface area (Å²) in [6.07, 6.45) is 1.88. The first-order valence-electron chi connectivity index (χ1n) is 5.08. The Kier molecular flexibility index (Phi) is 1.63. The third-order valence-corrected chi connectivity index (χ3v) is 3.35. The molecule has 0 spiro atoms. The Balaban J connectivity index is 1.99. The molecule has 1 fully saturated rings. The molecule has 2 atom stereocenters. The zero-order valence-corrected chi connectivity index (χ0v) is 7.90. The first-order valence-corrected chi connectivity index (χ1v) is 5.08. The van der Waals surface area contributed by atoms with Crippen molar-refractivity contribution in [3.05, 3.63) is 35.4 Å². The van der Waals surface area contributed by atoms with Crippen LogP contribution in [0.15, 0.2) is 24.3 Å². The molecule has 0 amide bonds. The van der Waals surface area contributed by atoms with Crippen molar-refractivity contribution < 1.29 is 9.53 Å². The average molecular weight is 188 g/mol. The summed E-state index contributed by atoms with van der Waals surface area (Å²) in [5.74, 6) is 0.562. The lowest BCUT2D eigenvalue weighted by Gasteiger charge is -2.23. The van der Waals surface area contributed by atoms with Crippen LogP contribution in [0.2, 0.25) is 0 Å². The molecule has 0 aromatic heterocycles. The van der Waals surface area contributed by atoms with Gasteiger partial charge in [-0.05, 0) is 24.0 Å². The number of benzene rings is 1. The van der Waals surface area contributed by atoms with E-state index in [1.807, 2.05) is 6.07 Å². The summed E-state index contributed by atoms with van der Waals surface area (Å²) in [5.41, 5.74) is 2.72. The second-order valence-corrected chi connectivity index (χ2v) is 4.17. The number of hydrogen-bond donors (Lipinski definition) is 0. The summed E-state index contributed by atoms with van der Waals surface area (Å²) in [4.78, 5) is 11.4. The maximum Gasteiger partial charge on any atom is 0.309 e. The molecule has 1 saturated heterocycles. The van der Waals surface area contributed by atoms with Gasteiger partial charge in [-0.25, -0.2) is 0 Å². The molecule has 1 aromatic carbocycles. The van der Waals surface area contributed by atoms with Crippen molar-refractivity contribution in [2.24, 2.45) is 11.8 Å². The van der Waals surface area contributed by atoms with E-state index >= 15 is 0 Å². The number of carbonyl (C=O) groups is 1. The predicted molar refractivity (Wildman–Crippen MR) is 51.8 cm³/mol. The number of cyclic esters (lactones) is 1. The highest BCUT2D eigenvalue weighted by Gasteiger charge is 2.39. The van der Waals surface area contributed by atoms with Crippen molar-refractivity contribution in [1.29, 1.82) is 0 Å². The van der Waals surface area contributed by atoms with Gasteiger partial charge in [0.1, 0.15) is 0 Å². The molecule has 1 aromatic rings. The Morgan fingerprint density at radius 1 is 1.14 bits per heavy atom. The fourth-order valence-electron chi connectivity index (χ4n) is 2.53. The fraction of sp³-hybridized carbons (Fsp3) is 0.417. The quantitative estimate of drug-likeness (QED) is 0.578. The van der Waals surface area contributed by atoms with Crippen molar-refractivity contribution in [2.45, 2.75) is 12.8 Å². The highest BCUT2D eigenvalue weighted by Crippen LogP contribution is 2.34. The standard InChI is InChI=1S/C12H12O2/c13-12-11-6-9-4-2-1-3-8(9)5-10(11)7-14-12/h1-4,10-11H,5-7H2/t10-,11-/m1/s1. The molecule has 2 aliphatic rings. The van der Waals surface area contributed by atoms with E-state index in [4.69, 9.17) is 4.74 Å². The van der Waals surface area contributed by atoms with Crippen molar-refractivity contribution >= 4 is 5.97 Å². The monoisotopic (exact) mass is 188 g/mol. The lowest BCUT2D eigenvalue weighted by atomic mass is 9.78. The molecule has 0 bridgehead atoms. The van der Waals surface area contributed by atoms with Crippen LogP contribution in [0, 0.1) is 11.8 Å². The fourth-order valence-corrected chi connectivity index (χ4v) is 2.53. The van der Waals surface area contributed by atoms with Gasteiger partial charge in [0.05, 0.1) is 12.5 Å². The van der Waals surface area contributed by atoms with Gasteiger partial charge in [-0.15, -0.1) is 0 Å². The molecule has 14 heavy (non-hydrogen) atoms. The SMILES string of the molecule is O=C1OC[C@H]2Cc3ccccc3C[C@@H]12. The molecule has 2 nitrogen and oxygen atoms in total. The number of ether oxygens (including phenoxy) is 1. The van der Waals surface area contributed by atoms with Gasteiger partial charge in [-0.3, -0.25) is 4.79 Å². The Labute approximate surface area is 82.9 Å². The van der Waals surface area contributed by atoms with E-state index in [1.165, 1.54) is 11.1 Å². The van der Waals surface area contributed by atoms with Gasteiger partial charge in [0.2, 0.25) is 0 Å². The molecule has 1 heterocycles. The van der Waals surface area contributed by atoms with E-state index in [-0.39, 0.29) is 11.9 Å². The summed E-state index contributed by atoms with van der Waals surface area (Å²) in [6, 6.07) is 8.39. The third kappa shape index (κ3) is 1.07. The van der Waals surface area contributed by atoms with Crippen LogP contribution in [-0.2, 0) is 22.4 Å². The van der Waals surface area contributed by atoms with Crippen LogP contribution in [0.4, 0.5) is 0 Å². The van der Waals surface area contributed by atoms with Gasteiger partial charge >= 0.3 is 5.97 Å². The molecule has 72 valence electrons. The molecule has 0 N–H and O–H groups in total. The molecule has 1 aliphatic heterocycles. The summed E-state index contributed by atoms with van der Waals surface area (Å²) < 4.78 is 5.09. The molecular weight excluding hydrogens is 176 g/mol. The molecule has 0 radical (unpaired) electrons. The van der Waals surface area contributed by atoms with Crippen LogP contribution < -0.4 is 0 Å². The van der Waals surface area contributed by atoms with Crippen molar-refractivity contribution in [2.75, 3.05) is 6.61 Å². The van der Waals surface area contributed by atoms with Crippen molar-refractivity contribution in [3.63, 3.8) is 0 Å². The number of esters is 1. The Morgan fingerprint density at radius 2 is 1.86 bits per heavy atom. The highest BCUT2D eigenvalue weighted by molar-refractivity contribution is 5.75. The van der Waals surface area contributed by atoms with Crippen LogP contribution >= 0.6 is 0 Å². The number of carbonyl (C=O) groups excluding carboxylic acids is 1. The molecular formula is C12H12O2. The first-order chi connectivity index (χ1) is 6.84. The molecule has 3 rings (SSSR count). The van der Waals surface area contributed by atoms with Gasteiger partial charge in [0.25, 0.3) is 0 Å².